The Morgan fingerprint density at radius 2 is 2.38 bits per heavy atom. The minimum Gasteiger partial charge on any atom is -0.379 e. The molecule has 0 aliphatic carbocycles. The Kier molecular flexibility index (Phi) is 3.68. The van der Waals surface area contributed by atoms with Crippen LogP contribution in [0.2, 0.25) is 0 Å². The van der Waals surface area contributed by atoms with Crippen LogP contribution in [0, 0.1) is 5.92 Å². The van der Waals surface area contributed by atoms with Gasteiger partial charge in [-0.25, -0.2) is 0 Å². The minimum atomic E-state index is -0.176. The maximum Gasteiger partial charge on any atom is 0.145 e. The smallest absolute Gasteiger partial charge is 0.145 e. The summed E-state index contributed by atoms with van der Waals surface area (Å²) in [5.41, 5.74) is 6.55. The first-order valence-corrected chi connectivity index (χ1v) is 5.92. The van der Waals surface area contributed by atoms with Crippen molar-refractivity contribution in [3.63, 3.8) is 0 Å². The van der Waals surface area contributed by atoms with Gasteiger partial charge in [-0.3, -0.25) is 9.78 Å². The molecule has 16 heavy (non-hydrogen) atoms. The number of hydrogen-bond acceptors (Lipinski definition) is 4. The summed E-state index contributed by atoms with van der Waals surface area (Å²) in [7, 11) is 0. The van der Waals surface area contributed by atoms with Crippen LogP contribution in [0.25, 0.3) is 0 Å². The number of Topliss-reactive ketones (excluding diaryl/α,β-unsaturated/α-hetero) is 1. The van der Waals surface area contributed by atoms with E-state index in [1.54, 1.807) is 6.20 Å². The van der Waals surface area contributed by atoms with E-state index in [1.807, 2.05) is 12.1 Å². The highest BCUT2D eigenvalue weighted by Gasteiger charge is 2.31. The first-order valence-electron chi connectivity index (χ1n) is 5.13. The zero-order valence-corrected chi connectivity index (χ0v) is 10.3. The highest BCUT2D eigenvalue weighted by molar-refractivity contribution is 9.10. The molecule has 1 aliphatic heterocycles. The normalized spacial score (nSPS) is 24.6. The number of ketones is 1. The fourth-order valence-electron chi connectivity index (χ4n) is 1.72. The highest BCUT2D eigenvalue weighted by Crippen LogP contribution is 2.15. The molecular formula is C11H13BrN2O2. The van der Waals surface area contributed by atoms with Gasteiger partial charge in [0.25, 0.3) is 0 Å². The van der Waals surface area contributed by atoms with Crippen molar-refractivity contribution in [1.82, 2.24) is 4.98 Å². The van der Waals surface area contributed by atoms with E-state index in [-0.39, 0.29) is 17.7 Å². The molecule has 2 unspecified atom stereocenters. The molecule has 5 heteroatoms. The van der Waals surface area contributed by atoms with E-state index in [9.17, 15) is 4.79 Å². The second kappa shape index (κ2) is 5.03. The molecule has 1 aromatic rings. The van der Waals surface area contributed by atoms with Crippen molar-refractivity contribution in [2.75, 3.05) is 13.2 Å². The quantitative estimate of drug-likeness (QED) is 0.897. The van der Waals surface area contributed by atoms with E-state index in [2.05, 4.69) is 20.9 Å². The van der Waals surface area contributed by atoms with Crippen molar-refractivity contribution in [1.29, 1.82) is 0 Å². The lowest BCUT2D eigenvalue weighted by atomic mass is 9.96. The molecule has 0 saturated carbocycles. The van der Waals surface area contributed by atoms with Gasteiger partial charge in [-0.2, -0.15) is 0 Å². The zero-order valence-electron chi connectivity index (χ0n) is 8.73. The van der Waals surface area contributed by atoms with Gasteiger partial charge in [0.1, 0.15) is 5.78 Å². The number of hydrogen-bond donors (Lipinski definition) is 1. The van der Waals surface area contributed by atoms with Crippen molar-refractivity contribution in [2.24, 2.45) is 11.7 Å². The molecule has 0 bridgehead atoms. The lowest BCUT2D eigenvalue weighted by molar-refractivity contribution is -0.122. The van der Waals surface area contributed by atoms with Gasteiger partial charge >= 0.3 is 0 Å². The van der Waals surface area contributed by atoms with Crippen LogP contribution in [-0.4, -0.2) is 30.0 Å². The Morgan fingerprint density at radius 3 is 2.94 bits per heavy atom. The lowest BCUT2D eigenvalue weighted by Crippen LogP contribution is -2.35. The average Bonchev–Trinajstić information content (AvgIpc) is 2.68. The largest absolute Gasteiger partial charge is 0.379 e. The minimum absolute atomic E-state index is 0.111. The van der Waals surface area contributed by atoms with Crippen LogP contribution in [0.15, 0.2) is 22.8 Å². The van der Waals surface area contributed by atoms with Crippen LogP contribution >= 0.6 is 15.9 Å². The average molecular weight is 285 g/mol. The van der Waals surface area contributed by atoms with Gasteiger partial charge in [-0.05, 0) is 28.1 Å². The van der Waals surface area contributed by atoms with Crippen molar-refractivity contribution >= 4 is 21.7 Å². The van der Waals surface area contributed by atoms with Gasteiger partial charge in [0.05, 0.1) is 19.1 Å². The monoisotopic (exact) mass is 284 g/mol. The molecule has 1 saturated heterocycles. The van der Waals surface area contributed by atoms with Crippen LogP contribution in [0.5, 0.6) is 0 Å². The molecular weight excluding hydrogens is 272 g/mol. The topological polar surface area (TPSA) is 65.2 Å². The van der Waals surface area contributed by atoms with Crippen molar-refractivity contribution in [3.05, 3.63) is 28.5 Å². The number of nitrogens with zero attached hydrogens (tertiary/aromatic N) is 1. The molecule has 2 N–H and O–H groups in total. The SMILES string of the molecule is NC1COCC1C(=O)Cc1ccc(Br)cn1. The highest BCUT2D eigenvalue weighted by atomic mass is 79.9. The zero-order chi connectivity index (χ0) is 11.5. The Hall–Kier alpha value is -0.780. The number of aromatic nitrogens is 1. The first-order chi connectivity index (χ1) is 7.66. The summed E-state index contributed by atoms with van der Waals surface area (Å²) in [6, 6.07) is 3.55. The lowest BCUT2D eigenvalue weighted by Gasteiger charge is -2.11. The number of carbonyl (C=O) groups is 1. The second-order valence-corrected chi connectivity index (χ2v) is 4.83. The summed E-state index contributed by atoms with van der Waals surface area (Å²) in [6.07, 6.45) is 2.02. The Balaban J connectivity index is 1.99. The predicted octanol–water partition coefficient (Wildman–Crippen LogP) is 0.929. The van der Waals surface area contributed by atoms with E-state index >= 15 is 0 Å². The molecule has 2 heterocycles. The van der Waals surface area contributed by atoms with Gasteiger partial charge in [-0.1, -0.05) is 0 Å². The van der Waals surface area contributed by atoms with Gasteiger partial charge in [0.15, 0.2) is 0 Å². The summed E-state index contributed by atoms with van der Waals surface area (Å²) >= 11 is 3.30. The van der Waals surface area contributed by atoms with Crippen LogP contribution in [0.3, 0.4) is 0 Å². The molecule has 0 radical (unpaired) electrons. The molecule has 1 aromatic heterocycles. The van der Waals surface area contributed by atoms with E-state index in [0.717, 1.165) is 10.2 Å². The molecule has 4 nitrogen and oxygen atoms in total. The van der Waals surface area contributed by atoms with Gasteiger partial charge in [0.2, 0.25) is 0 Å². The van der Waals surface area contributed by atoms with Crippen molar-refractivity contribution in [2.45, 2.75) is 12.5 Å². The van der Waals surface area contributed by atoms with Crippen LogP contribution in [-0.2, 0) is 16.0 Å². The number of rotatable bonds is 3. The second-order valence-electron chi connectivity index (χ2n) is 3.92. The molecule has 2 atom stereocenters. The summed E-state index contributed by atoms with van der Waals surface area (Å²) in [6.45, 7) is 0.917. The van der Waals surface area contributed by atoms with Crippen LogP contribution in [0.4, 0.5) is 0 Å². The summed E-state index contributed by atoms with van der Waals surface area (Å²) < 4.78 is 6.08. The third kappa shape index (κ3) is 2.66. The number of carbonyl (C=O) groups excluding carboxylic acids is 1. The van der Waals surface area contributed by atoms with Crippen LogP contribution in [0.1, 0.15) is 5.69 Å². The first kappa shape index (κ1) is 11.7. The molecule has 86 valence electrons. The van der Waals surface area contributed by atoms with E-state index in [0.29, 0.717) is 19.6 Å². The molecule has 1 aliphatic rings. The fourth-order valence-corrected chi connectivity index (χ4v) is 1.96. The molecule has 0 spiro atoms. The summed E-state index contributed by atoms with van der Waals surface area (Å²) in [5, 5.41) is 0. The maximum atomic E-state index is 11.9. The van der Waals surface area contributed by atoms with E-state index in [4.69, 9.17) is 10.5 Å². The molecule has 0 amide bonds. The predicted molar refractivity (Wildman–Crippen MR) is 62.9 cm³/mol. The van der Waals surface area contributed by atoms with Gasteiger partial charge < -0.3 is 10.5 Å². The number of ether oxygens (including phenoxy) is 1. The van der Waals surface area contributed by atoms with E-state index < -0.39 is 0 Å². The Labute approximate surface area is 102 Å². The summed E-state index contributed by atoms with van der Waals surface area (Å²) in [4.78, 5) is 16.1. The molecule has 2 rings (SSSR count). The number of pyridine rings is 1. The summed E-state index contributed by atoms with van der Waals surface area (Å²) in [5.74, 6) is -0.0646. The van der Waals surface area contributed by atoms with E-state index in [1.165, 1.54) is 0 Å². The third-order valence-electron chi connectivity index (χ3n) is 2.68. The molecule has 0 aromatic carbocycles. The Morgan fingerprint density at radius 1 is 1.56 bits per heavy atom. The Bertz CT molecular complexity index is 380. The van der Waals surface area contributed by atoms with Crippen molar-refractivity contribution in [3.8, 4) is 0 Å². The van der Waals surface area contributed by atoms with Crippen LogP contribution < -0.4 is 5.73 Å². The van der Waals surface area contributed by atoms with Gasteiger partial charge in [-0.15, -0.1) is 0 Å². The fraction of sp³-hybridized carbons (Fsp3) is 0.455. The maximum absolute atomic E-state index is 11.9. The van der Waals surface area contributed by atoms with Gasteiger partial charge in [0, 0.05) is 28.8 Å². The number of halogens is 1. The standard InChI is InChI=1S/C11H13BrN2O2/c12-7-1-2-8(14-4-7)3-11(15)9-5-16-6-10(9)13/h1-2,4,9-10H,3,5-6,13H2. The molecule has 1 fully saturated rings. The number of nitrogens with two attached hydrogens (primary N) is 1. The van der Waals surface area contributed by atoms with Crippen molar-refractivity contribution < 1.29 is 9.53 Å². The third-order valence-corrected chi connectivity index (χ3v) is 3.15.